The van der Waals surface area contributed by atoms with E-state index in [4.69, 9.17) is 0 Å². The van der Waals surface area contributed by atoms with E-state index in [-0.39, 0.29) is 33.7 Å². The number of aromatic carboxylic acids is 1. The molecule has 0 spiro atoms. The van der Waals surface area contributed by atoms with E-state index in [1.807, 2.05) is 12.1 Å². The molecule has 49 heavy (non-hydrogen) atoms. The van der Waals surface area contributed by atoms with E-state index in [0.717, 1.165) is 37.7 Å². The third kappa shape index (κ3) is 6.41. The summed E-state index contributed by atoms with van der Waals surface area (Å²) >= 11 is 0. The summed E-state index contributed by atoms with van der Waals surface area (Å²) in [6, 6.07) is 7.60. The van der Waals surface area contributed by atoms with E-state index >= 15 is 0 Å². The monoisotopic (exact) mass is 673 g/mol. The second kappa shape index (κ2) is 13.5. The van der Waals surface area contributed by atoms with Crippen molar-refractivity contribution in [3.63, 3.8) is 0 Å². The highest BCUT2D eigenvalue weighted by Gasteiger charge is 2.65. The van der Waals surface area contributed by atoms with Gasteiger partial charge in [0.25, 0.3) is 0 Å². The largest absolute Gasteiger partial charge is 0.478 e. The van der Waals surface area contributed by atoms with Crippen LogP contribution >= 0.6 is 0 Å². The van der Waals surface area contributed by atoms with E-state index < -0.39 is 12.1 Å². The summed E-state index contributed by atoms with van der Waals surface area (Å²) in [5, 5.41) is 26.5. The molecule has 9 atom stereocenters. The van der Waals surface area contributed by atoms with Crippen molar-refractivity contribution in [3.8, 4) is 0 Å². The number of allylic oxidation sites excluding steroid dienone is 3. The Morgan fingerprint density at radius 1 is 0.939 bits per heavy atom. The zero-order valence-corrected chi connectivity index (χ0v) is 31.1. The van der Waals surface area contributed by atoms with Crippen molar-refractivity contribution in [1.82, 2.24) is 15.5 Å². The van der Waals surface area contributed by atoms with E-state index in [1.165, 1.54) is 43.3 Å². The van der Waals surface area contributed by atoms with Gasteiger partial charge in [0.15, 0.2) is 0 Å². The summed E-state index contributed by atoms with van der Waals surface area (Å²) in [5.74, 6) is 1.36. The molecule has 2 amide bonds. The van der Waals surface area contributed by atoms with Gasteiger partial charge in [0, 0.05) is 32.2 Å². The second-order valence-electron chi connectivity index (χ2n) is 18.0. The van der Waals surface area contributed by atoms with Crippen molar-refractivity contribution in [2.75, 3.05) is 26.2 Å². The molecular weight excluding hydrogens is 610 g/mol. The predicted molar refractivity (Wildman–Crippen MR) is 197 cm³/mol. The maximum absolute atomic E-state index is 13.6. The number of hydrogen-bond donors (Lipinski definition) is 4. The lowest BCUT2D eigenvalue weighted by Gasteiger charge is -2.70. The number of nitrogens with one attached hydrogen (secondary N) is 2. The number of urea groups is 1. The molecule has 1 aromatic carbocycles. The Bertz CT molecular complexity index is 1450. The van der Waals surface area contributed by atoms with Crippen LogP contribution in [0, 0.1) is 45.3 Å². The van der Waals surface area contributed by atoms with Crippen LogP contribution in [0.5, 0.6) is 0 Å². The van der Waals surface area contributed by atoms with E-state index in [2.05, 4.69) is 64.8 Å². The predicted octanol–water partition coefficient (Wildman–Crippen LogP) is 8.15. The highest BCUT2D eigenvalue weighted by molar-refractivity contribution is 5.88. The standard InChI is InChI=1S/C42H63N3O4/c1-27(2)30-12-14-32(44-38(49)45-23-22-43-25-33(46)26-45)16-20-41(6)31(24-30)13-15-36-40(5)19-17-34(28-8-10-29(11-9-28)37(47)48)39(3,4)35(40)18-21-42(36,41)7/h8-11,17,30-33,35-36,43,46H,1,12-16,18-26H2,2-7H3,(H,44,49)(H,47,48). The van der Waals surface area contributed by atoms with Gasteiger partial charge in [-0.2, -0.15) is 0 Å². The molecule has 0 bridgehead atoms. The minimum atomic E-state index is -0.880. The minimum Gasteiger partial charge on any atom is -0.478 e. The van der Waals surface area contributed by atoms with Gasteiger partial charge in [-0.15, -0.1) is 0 Å². The number of nitrogens with zero attached hydrogens (tertiary/aromatic N) is 1. The van der Waals surface area contributed by atoms with Crippen molar-refractivity contribution in [2.24, 2.45) is 45.3 Å². The molecule has 1 aliphatic heterocycles. The molecule has 0 radical (unpaired) electrons. The maximum atomic E-state index is 13.6. The average Bonchev–Trinajstić information content (AvgIpc) is 3.23. The Kier molecular flexibility index (Phi) is 9.95. The van der Waals surface area contributed by atoms with Crippen molar-refractivity contribution >= 4 is 17.6 Å². The van der Waals surface area contributed by atoms with Crippen LogP contribution in [0.1, 0.15) is 122 Å². The zero-order valence-electron chi connectivity index (χ0n) is 31.1. The van der Waals surface area contributed by atoms with Crippen LogP contribution < -0.4 is 10.6 Å². The van der Waals surface area contributed by atoms with Crippen LogP contribution in [0.2, 0.25) is 0 Å². The number of amides is 2. The highest BCUT2D eigenvalue weighted by atomic mass is 16.4. The number of carbonyl (C=O) groups excluding carboxylic acids is 1. The van der Waals surface area contributed by atoms with Gasteiger partial charge in [-0.3, -0.25) is 0 Å². The van der Waals surface area contributed by atoms with Gasteiger partial charge in [0.05, 0.1) is 11.7 Å². The lowest BCUT2D eigenvalue weighted by Crippen LogP contribution is -2.62. The van der Waals surface area contributed by atoms with Crippen LogP contribution in [0.15, 0.2) is 42.5 Å². The van der Waals surface area contributed by atoms with Crippen LogP contribution in [0.4, 0.5) is 4.79 Å². The van der Waals surface area contributed by atoms with Gasteiger partial charge in [0.2, 0.25) is 0 Å². The number of benzene rings is 1. The number of carboxylic acids is 1. The number of carbonyl (C=O) groups is 2. The molecule has 1 heterocycles. The molecule has 7 heteroatoms. The Balaban J connectivity index is 1.28. The molecule has 270 valence electrons. The molecule has 1 aromatic rings. The lowest BCUT2D eigenvalue weighted by atomic mass is 9.35. The molecular formula is C42H63N3O4. The Morgan fingerprint density at radius 3 is 2.35 bits per heavy atom. The first-order chi connectivity index (χ1) is 23.1. The molecule has 9 unspecified atom stereocenters. The number of aliphatic hydroxyl groups excluding tert-OH is 1. The van der Waals surface area contributed by atoms with Crippen LogP contribution in [-0.2, 0) is 0 Å². The number of hydrogen-bond acceptors (Lipinski definition) is 4. The third-order valence-electron chi connectivity index (χ3n) is 15.2. The smallest absolute Gasteiger partial charge is 0.335 e. The van der Waals surface area contributed by atoms with Gasteiger partial charge in [-0.05, 0) is 140 Å². The van der Waals surface area contributed by atoms with E-state index in [1.54, 1.807) is 17.0 Å². The van der Waals surface area contributed by atoms with Crippen LogP contribution in [-0.4, -0.2) is 65.4 Å². The zero-order chi connectivity index (χ0) is 35.4. The van der Waals surface area contributed by atoms with Crippen LogP contribution in [0.3, 0.4) is 0 Å². The van der Waals surface area contributed by atoms with E-state index in [9.17, 15) is 19.8 Å². The fraction of sp³-hybridized carbons (Fsp3) is 0.714. The number of aliphatic hydroxyl groups is 1. The molecule has 4 fully saturated rings. The summed E-state index contributed by atoms with van der Waals surface area (Å²) in [6.07, 6.45) is 13.3. The van der Waals surface area contributed by atoms with Gasteiger partial charge in [0.1, 0.15) is 0 Å². The summed E-state index contributed by atoms with van der Waals surface area (Å²) in [7, 11) is 0. The highest BCUT2D eigenvalue weighted by Crippen LogP contribution is 2.74. The van der Waals surface area contributed by atoms with Crippen molar-refractivity contribution < 1.29 is 19.8 Å². The summed E-state index contributed by atoms with van der Waals surface area (Å²) in [6.45, 7) is 21.7. The van der Waals surface area contributed by atoms with Gasteiger partial charge in [-0.25, -0.2) is 9.59 Å². The van der Waals surface area contributed by atoms with E-state index in [0.29, 0.717) is 55.4 Å². The lowest BCUT2D eigenvalue weighted by molar-refractivity contribution is -0.194. The minimum absolute atomic E-state index is 0.0217. The molecule has 7 nitrogen and oxygen atoms in total. The van der Waals surface area contributed by atoms with Gasteiger partial charge >= 0.3 is 12.0 Å². The van der Waals surface area contributed by atoms with Gasteiger partial charge in [-0.1, -0.05) is 65.0 Å². The molecule has 3 saturated carbocycles. The second-order valence-corrected chi connectivity index (χ2v) is 18.0. The maximum Gasteiger partial charge on any atom is 0.335 e. The molecule has 1 saturated heterocycles. The summed E-state index contributed by atoms with van der Waals surface area (Å²) < 4.78 is 0. The third-order valence-corrected chi connectivity index (χ3v) is 15.2. The first kappa shape index (κ1) is 36.2. The normalized spacial score (nSPS) is 39.3. The Morgan fingerprint density at radius 2 is 1.65 bits per heavy atom. The Hall–Kier alpha value is -2.64. The first-order valence-electron chi connectivity index (χ1n) is 19.2. The van der Waals surface area contributed by atoms with Crippen LogP contribution in [0.25, 0.3) is 5.57 Å². The molecule has 6 rings (SSSR count). The fourth-order valence-corrected chi connectivity index (χ4v) is 12.2. The van der Waals surface area contributed by atoms with Gasteiger partial charge < -0.3 is 25.7 Å². The topological polar surface area (TPSA) is 102 Å². The average molecular weight is 674 g/mol. The van der Waals surface area contributed by atoms with Crippen molar-refractivity contribution in [2.45, 2.75) is 118 Å². The molecule has 0 aromatic heterocycles. The number of fused-ring (bicyclic) bond motifs is 5. The molecule has 4 aliphatic carbocycles. The van der Waals surface area contributed by atoms with Crippen molar-refractivity contribution in [1.29, 1.82) is 0 Å². The summed E-state index contributed by atoms with van der Waals surface area (Å²) in [5.41, 5.74) is 4.63. The number of carboxylic acid groups (broad SMARTS) is 1. The number of rotatable bonds is 4. The van der Waals surface area contributed by atoms with Crippen molar-refractivity contribution in [3.05, 3.63) is 53.6 Å². The molecule has 4 N–H and O–H groups in total. The number of β-amino-alcohol motifs (C(OH)–C–C–N with tert-alkyl or cyclic N) is 1. The summed E-state index contributed by atoms with van der Waals surface area (Å²) in [4.78, 5) is 26.9. The fourth-order valence-electron chi connectivity index (χ4n) is 12.2. The SMILES string of the molecule is C=C(C)C1CCC(NC(=O)N2CCNCC(O)C2)CCC2(C)C(CCC3C4(C)CC=C(c5ccc(C(=O)O)cc5)C(C)(C)C4CCC32C)C1. The Labute approximate surface area is 295 Å². The quantitative estimate of drug-likeness (QED) is 0.242. The molecule has 5 aliphatic rings. The first-order valence-corrected chi connectivity index (χ1v) is 19.2.